The maximum absolute atomic E-state index is 13.0. The summed E-state index contributed by atoms with van der Waals surface area (Å²) in [6.07, 6.45) is -2.21. The van der Waals surface area contributed by atoms with Crippen molar-refractivity contribution in [3.8, 4) is 0 Å². The van der Waals surface area contributed by atoms with Gasteiger partial charge in [-0.3, -0.25) is 4.79 Å². The van der Waals surface area contributed by atoms with Gasteiger partial charge in [-0.1, -0.05) is 26.3 Å². The molecule has 1 aliphatic carbocycles. The van der Waals surface area contributed by atoms with Crippen molar-refractivity contribution >= 4 is 15.9 Å². The van der Waals surface area contributed by atoms with Crippen molar-refractivity contribution in [2.75, 3.05) is 20.1 Å². The summed E-state index contributed by atoms with van der Waals surface area (Å²) in [5.74, 6) is 0.103. The molecular formula is C21H30F3N3O3S. The Morgan fingerprint density at radius 3 is 2.58 bits per heavy atom. The van der Waals surface area contributed by atoms with Gasteiger partial charge < -0.3 is 10.6 Å². The summed E-state index contributed by atoms with van der Waals surface area (Å²) in [4.78, 5) is 12.4. The first-order valence-corrected chi connectivity index (χ1v) is 12.1. The fourth-order valence-corrected chi connectivity index (χ4v) is 6.34. The molecule has 174 valence electrons. The third-order valence-electron chi connectivity index (χ3n) is 6.76. The van der Waals surface area contributed by atoms with Gasteiger partial charge in [0.25, 0.3) is 0 Å². The lowest BCUT2D eigenvalue weighted by Gasteiger charge is -2.26. The minimum Gasteiger partial charge on any atom is -0.352 e. The van der Waals surface area contributed by atoms with Gasteiger partial charge in [0, 0.05) is 19.1 Å². The fraction of sp³-hybridized carbons (Fsp3) is 0.667. The van der Waals surface area contributed by atoms with E-state index < -0.39 is 21.8 Å². The maximum atomic E-state index is 13.0. The Morgan fingerprint density at radius 1 is 1.26 bits per heavy atom. The summed E-state index contributed by atoms with van der Waals surface area (Å²) < 4.78 is 66.4. The normalized spacial score (nSPS) is 26.5. The van der Waals surface area contributed by atoms with Gasteiger partial charge in [0.1, 0.15) is 0 Å². The molecule has 2 aliphatic rings. The molecule has 1 aromatic carbocycles. The van der Waals surface area contributed by atoms with Gasteiger partial charge in [-0.25, -0.2) is 8.42 Å². The molecule has 10 heteroatoms. The Kier molecular flexibility index (Phi) is 7.02. The molecular weight excluding hydrogens is 431 g/mol. The SMILES string of the molecule is CCC(C)[C@H](NC)C(=O)N[C@H]1CC[C@@H]2CN(S(=O)(=O)c3cccc(C(F)(F)F)c3)C[C@@H]21. The number of alkyl halides is 3. The molecule has 1 aliphatic heterocycles. The van der Waals surface area contributed by atoms with E-state index in [2.05, 4.69) is 10.6 Å². The molecule has 5 atom stereocenters. The zero-order valence-corrected chi connectivity index (χ0v) is 18.8. The standard InChI is InChI=1S/C21H30F3N3O3S/c1-4-13(2)19(25-3)20(28)26-18-9-8-14-11-27(12-17(14)18)31(29,30)16-7-5-6-15(10-16)21(22,23)24/h5-7,10,13-14,17-19,25H,4,8-9,11-12H2,1-3H3,(H,26,28)/t13?,14-,17+,18+,19+/m1/s1. The lowest BCUT2D eigenvalue weighted by molar-refractivity contribution is -0.137. The van der Waals surface area contributed by atoms with Crippen molar-refractivity contribution in [3.05, 3.63) is 29.8 Å². The van der Waals surface area contributed by atoms with Crippen LogP contribution in [0.5, 0.6) is 0 Å². The van der Waals surface area contributed by atoms with Crippen LogP contribution in [-0.2, 0) is 21.0 Å². The van der Waals surface area contributed by atoms with Crippen molar-refractivity contribution in [2.45, 2.75) is 56.3 Å². The minimum atomic E-state index is -4.61. The van der Waals surface area contributed by atoms with E-state index >= 15 is 0 Å². The summed E-state index contributed by atoms with van der Waals surface area (Å²) in [7, 11) is -2.30. The number of hydrogen-bond donors (Lipinski definition) is 2. The molecule has 2 N–H and O–H groups in total. The second-order valence-electron chi connectivity index (χ2n) is 8.62. The molecule has 1 saturated heterocycles. The number of sulfonamides is 1. The molecule has 1 aromatic rings. The van der Waals surface area contributed by atoms with Crippen LogP contribution in [0.15, 0.2) is 29.2 Å². The number of benzene rings is 1. The van der Waals surface area contributed by atoms with Crippen molar-refractivity contribution in [1.82, 2.24) is 14.9 Å². The first-order valence-electron chi connectivity index (χ1n) is 10.6. The lowest BCUT2D eigenvalue weighted by Crippen LogP contribution is -2.51. The quantitative estimate of drug-likeness (QED) is 0.655. The molecule has 1 unspecified atom stereocenters. The van der Waals surface area contributed by atoms with E-state index in [1.165, 1.54) is 10.4 Å². The second kappa shape index (κ2) is 9.07. The van der Waals surface area contributed by atoms with Crippen molar-refractivity contribution in [1.29, 1.82) is 0 Å². The highest BCUT2D eigenvalue weighted by molar-refractivity contribution is 7.89. The maximum Gasteiger partial charge on any atom is 0.416 e. The molecule has 31 heavy (non-hydrogen) atoms. The monoisotopic (exact) mass is 461 g/mol. The number of carbonyl (C=O) groups is 1. The van der Waals surface area contributed by atoms with Gasteiger partial charge in [0.05, 0.1) is 16.5 Å². The Hall–Kier alpha value is -1.65. The summed E-state index contributed by atoms with van der Waals surface area (Å²) in [6, 6.07) is 3.39. The molecule has 0 bridgehead atoms. The number of hydrogen-bond acceptors (Lipinski definition) is 4. The molecule has 3 rings (SSSR count). The van der Waals surface area contributed by atoms with Crippen LogP contribution in [0.1, 0.15) is 38.7 Å². The molecule has 0 aromatic heterocycles. The first kappa shape index (κ1) is 24.0. The van der Waals surface area contributed by atoms with E-state index in [9.17, 15) is 26.4 Å². The van der Waals surface area contributed by atoms with Crippen molar-refractivity contribution in [2.24, 2.45) is 17.8 Å². The highest BCUT2D eigenvalue weighted by atomic mass is 32.2. The predicted octanol–water partition coefficient (Wildman–Crippen LogP) is 2.85. The zero-order chi connectivity index (χ0) is 23.0. The summed E-state index contributed by atoms with van der Waals surface area (Å²) in [6.45, 7) is 4.47. The van der Waals surface area contributed by atoms with Crippen LogP contribution < -0.4 is 10.6 Å². The predicted molar refractivity (Wildman–Crippen MR) is 111 cm³/mol. The van der Waals surface area contributed by atoms with Crippen LogP contribution in [0, 0.1) is 17.8 Å². The number of amides is 1. The summed E-state index contributed by atoms with van der Waals surface area (Å²) >= 11 is 0. The molecule has 0 radical (unpaired) electrons. The van der Waals surface area contributed by atoms with Crippen LogP contribution in [0.25, 0.3) is 0 Å². The first-order chi connectivity index (χ1) is 14.5. The largest absolute Gasteiger partial charge is 0.416 e. The van der Waals surface area contributed by atoms with E-state index in [4.69, 9.17) is 0 Å². The third kappa shape index (κ3) is 4.90. The third-order valence-corrected chi connectivity index (χ3v) is 8.58. The molecule has 6 nitrogen and oxygen atoms in total. The van der Waals surface area contributed by atoms with E-state index in [1.54, 1.807) is 7.05 Å². The molecule has 1 saturated carbocycles. The van der Waals surface area contributed by atoms with Gasteiger partial charge in [-0.15, -0.1) is 0 Å². The lowest BCUT2D eigenvalue weighted by atomic mass is 9.95. The molecule has 1 amide bonds. The Morgan fingerprint density at radius 2 is 1.97 bits per heavy atom. The highest BCUT2D eigenvalue weighted by Gasteiger charge is 2.47. The van der Waals surface area contributed by atoms with Crippen molar-refractivity contribution < 1.29 is 26.4 Å². The Bertz CT molecular complexity index is 907. The van der Waals surface area contributed by atoms with Crippen LogP contribution in [-0.4, -0.2) is 50.9 Å². The van der Waals surface area contributed by atoms with E-state index in [1.807, 2.05) is 13.8 Å². The average Bonchev–Trinajstić information content (AvgIpc) is 3.30. The van der Waals surface area contributed by atoms with E-state index in [0.717, 1.165) is 31.4 Å². The van der Waals surface area contributed by atoms with Crippen molar-refractivity contribution in [3.63, 3.8) is 0 Å². The van der Waals surface area contributed by atoms with Gasteiger partial charge in [-0.2, -0.15) is 17.5 Å². The Labute approximate surface area is 181 Å². The fourth-order valence-electron chi connectivity index (χ4n) is 4.76. The number of carbonyl (C=O) groups excluding carboxylic acids is 1. The Balaban J connectivity index is 1.72. The van der Waals surface area contributed by atoms with Crippen LogP contribution >= 0.6 is 0 Å². The van der Waals surface area contributed by atoms with Gasteiger partial charge in [0.2, 0.25) is 15.9 Å². The molecule has 0 spiro atoms. The molecule has 1 heterocycles. The highest BCUT2D eigenvalue weighted by Crippen LogP contribution is 2.41. The zero-order valence-electron chi connectivity index (χ0n) is 17.9. The van der Waals surface area contributed by atoms with Crippen LogP contribution in [0.3, 0.4) is 0 Å². The molecule has 2 fully saturated rings. The number of likely N-dealkylation sites (N-methyl/N-ethyl adjacent to an activating group) is 1. The van der Waals surface area contributed by atoms with Crippen LogP contribution in [0.4, 0.5) is 13.2 Å². The topological polar surface area (TPSA) is 78.5 Å². The van der Waals surface area contributed by atoms with Gasteiger partial charge in [-0.05, 0) is 55.8 Å². The van der Waals surface area contributed by atoms with E-state index in [0.29, 0.717) is 6.07 Å². The number of rotatable bonds is 7. The second-order valence-corrected chi connectivity index (χ2v) is 10.6. The summed E-state index contributed by atoms with van der Waals surface area (Å²) in [5.41, 5.74) is -0.985. The smallest absolute Gasteiger partial charge is 0.352 e. The number of nitrogens with zero attached hydrogens (tertiary/aromatic N) is 1. The average molecular weight is 462 g/mol. The number of nitrogens with one attached hydrogen (secondary N) is 2. The van der Waals surface area contributed by atoms with E-state index in [-0.39, 0.29) is 53.7 Å². The minimum absolute atomic E-state index is 0.0426. The van der Waals surface area contributed by atoms with Crippen LogP contribution in [0.2, 0.25) is 0 Å². The number of halogens is 3. The van der Waals surface area contributed by atoms with Gasteiger partial charge in [0.15, 0.2) is 0 Å². The summed E-state index contributed by atoms with van der Waals surface area (Å²) in [5, 5.41) is 6.13. The van der Waals surface area contributed by atoms with Gasteiger partial charge >= 0.3 is 6.18 Å². The number of fused-ring (bicyclic) bond motifs is 1.